The Bertz CT molecular complexity index is 467. The number of aryl methyl sites for hydroxylation is 2. The molecule has 1 unspecified atom stereocenters. The number of nitrogens with two attached hydrogens (primary N) is 1. The van der Waals surface area contributed by atoms with E-state index in [0.717, 1.165) is 18.6 Å². The standard InChI is InChI=1S/C14H19N3O/c1-17-13(9-10-16-17)8-7-12(15)11-18-14-5-3-2-4-6-14/h2-6,9-10,12H,7-8,11,15H2,1H3. The quantitative estimate of drug-likeness (QED) is 0.843. The molecule has 0 aliphatic carbocycles. The molecular weight excluding hydrogens is 226 g/mol. The number of hydrogen-bond acceptors (Lipinski definition) is 3. The van der Waals surface area contributed by atoms with Crippen molar-refractivity contribution in [3.8, 4) is 5.75 Å². The van der Waals surface area contributed by atoms with Gasteiger partial charge in [-0.05, 0) is 31.0 Å². The van der Waals surface area contributed by atoms with E-state index in [-0.39, 0.29) is 6.04 Å². The van der Waals surface area contributed by atoms with E-state index in [9.17, 15) is 0 Å². The van der Waals surface area contributed by atoms with Crippen molar-refractivity contribution in [3.05, 3.63) is 48.3 Å². The lowest BCUT2D eigenvalue weighted by atomic mass is 10.1. The molecule has 4 nitrogen and oxygen atoms in total. The molecule has 0 fully saturated rings. The average Bonchev–Trinajstić information content (AvgIpc) is 2.81. The second-order valence-corrected chi connectivity index (χ2v) is 4.37. The van der Waals surface area contributed by atoms with Crippen molar-refractivity contribution in [2.75, 3.05) is 6.61 Å². The Hall–Kier alpha value is -1.81. The summed E-state index contributed by atoms with van der Waals surface area (Å²) in [6.45, 7) is 0.544. The molecule has 1 heterocycles. The smallest absolute Gasteiger partial charge is 0.119 e. The van der Waals surface area contributed by atoms with Crippen molar-refractivity contribution in [1.29, 1.82) is 0 Å². The maximum absolute atomic E-state index is 6.03. The lowest BCUT2D eigenvalue weighted by Gasteiger charge is -2.13. The molecule has 4 heteroatoms. The molecule has 1 aromatic heterocycles. The summed E-state index contributed by atoms with van der Waals surface area (Å²) in [6, 6.07) is 11.8. The van der Waals surface area contributed by atoms with Gasteiger partial charge in [0, 0.05) is 25.0 Å². The van der Waals surface area contributed by atoms with Crippen LogP contribution in [0.5, 0.6) is 5.75 Å². The van der Waals surface area contributed by atoms with Crippen LogP contribution in [-0.2, 0) is 13.5 Å². The van der Waals surface area contributed by atoms with Crippen molar-refractivity contribution < 1.29 is 4.74 Å². The van der Waals surface area contributed by atoms with Gasteiger partial charge in [0.15, 0.2) is 0 Å². The number of hydrogen-bond donors (Lipinski definition) is 1. The van der Waals surface area contributed by atoms with Crippen molar-refractivity contribution in [3.63, 3.8) is 0 Å². The Kier molecular flexibility index (Phi) is 4.36. The molecule has 96 valence electrons. The zero-order valence-electron chi connectivity index (χ0n) is 10.6. The largest absolute Gasteiger partial charge is 0.492 e. The molecule has 0 radical (unpaired) electrons. The first-order valence-corrected chi connectivity index (χ1v) is 6.16. The van der Waals surface area contributed by atoms with Gasteiger partial charge in [-0.2, -0.15) is 5.10 Å². The Morgan fingerprint density at radius 1 is 1.28 bits per heavy atom. The number of benzene rings is 1. The molecule has 0 aliphatic heterocycles. The molecule has 2 aromatic rings. The van der Waals surface area contributed by atoms with Crippen LogP contribution in [0.2, 0.25) is 0 Å². The summed E-state index contributed by atoms with van der Waals surface area (Å²) in [5.74, 6) is 0.869. The normalized spacial score (nSPS) is 12.3. The number of rotatable bonds is 6. The van der Waals surface area contributed by atoms with Crippen molar-refractivity contribution >= 4 is 0 Å². The van der Waals surface area contributed by atoms with Gasteiger partial charge in [-0.3, -0.25) is 4.68 Å². The summed E-state index contributed by atoms with van der Waals surface area (Å²) in [4.78, 5) is 0. The minimum Gasteiger partial charge on any atom is -0.492 e. The lowest BCUT2D eigenvalue weighted by Crippen LogP contribution is -2.28. The molecule has 0 bridgehead atoms. The van der Waals surface area contributed by atoms with Crippen LogP contribution in [0.25, 0.3) is 0 Å². The highest BCUT2D eigenvalue weighted by atomic mass is 16.5. The van der Waals surface area contributed by atoms with Gasteiger partial charge >= 0.3 is 0 Å². The van der Waals surface area contributed by atoms with Crippen LogP contribution < -0.4 is 10.5 Å². The summed E-state index contributed by atoms with van der Waals surface area (Å²) in [5.41, 5.74) is 7.23. The topological polar surface area (TPSA) is 53.1 Å². The molecule has 2 rings (SSSR count). The highest BCUT2D eigenvalue weighted by molar-refractivity contribution is 5.20. The summed E-state index contributed by atoms with van der Waals surface area (Å²) < 4.78 is 7.50. The summed E-state index contributed by atoms with van der Waals surface area (Å²) in [5, 5.41) is 4.13. The Labute approximate surface area is 107 Å². The van der Waals surface area contributed by atoms with Gasteiger partial charge in [0.1, 0.15) is 12.4 Å². The van der Waals surface area contributed by atoms with Gasteiger partial charge < -0.3 is 10.5 Å². The first-order valence-electron chi connectivity index (χ1n) is 6.16. The van der Waals surface area contributed by atoms with Crippen molar-refractivity contribution in [2.45, 2.75) is 18.9 Å². The van der Waals surface area contributed by atoms with Crippen molar-refractivity contribution in [1.82, 2.24) is 9.78 Å². The molecular formula is C14H19N3O. The zero-order chi connectivity index (χ0) is 12.8. The first-order chi connectivity index (χ1) is 8.75. The predicted octanol–water partition coefficient (Wildman–Crippen LogP) is 1.76. The van der Waals surface area contributed by atoms with Crippen LogP contribution in [-0.4, -0.2) is 22.4 Å². The third kappa shape index (κ3) is 3.60. The Morgan fingerprint density at radius 3 is 2.72 bits per heavy atom. The van der Waals surface area contributed by atoms with Crippen LogP contribution in [0.15, 0.2) is 42.6 Å². The third-order valence-corrected chi connectivity index (χ3v) is 2.90. The maximum atomic E-state index is 6.03. The van der Waals surface area contributed by atoms with Gasteiger partial charge in [-0.15, -0.1) is 0 Å². The minimum absolute atomic E-state index is 0.0418. The highest BCUT2D eigenvalue weighted by Gasteiger charge is 2.06. The van der Waals surface area contributed by atoms with E-state index in [1.165, 1.54) is 5.69 Å². The zero-order valence-corrected chi connectivity index (χ0v) is 10.6. The fourth-order valence-corrected chi connectivity index (χ4v) is 1.78. The highest BCUT2D eigenvalue weighted by Crippen LogP contribution is 2.09. The third-order valence-electron chi connectivity index (χ3n) is 2.90. The summed E-state index contributed by atoms with van der Waals surface area (Å²) in [6.07, 6.45) is 3.63. The number of nitrogens with zero attached hydrogens (tertiary/aromatic N) is 2. The first kappa shape index (κ1) is 12.6. The Balaban J connectivity index is 1.73. The van der Waals surface area contributed by atoms with Gasteiger partial charge in [-0.1, -0.05) is 18.2 Å². The van der Waals surface area contributed by atoms with Gasteiger partial charge in [0.05, 0.1) is 0 Å². The molecule has 0 saturated carbocycles. The molecule has 1 atom stereocenters. The fourth-order valence-electron chi connectivity index (χ4n) is 1.78. The van der Waals surface area contributed by atoms with E-state index in [0.29, 0.717) is 6.61 Å². The molecule has 0 aliphatic rings. The van der Waals surface area contributed by atoms with E-state index < -0.39 is 0 Å². The number of ether oxygens (including phenoxy) is 1. The number of para-hydroxylation sites is 1. The van der Waals surface area contributed by atoms with E-state index >= 15 is 0 Å². The summed E-state index contributed by atoms with van der Waals surface area (Å²) >= 11 is 0. The molecule has 0 spiro atoms. The SMILES string of the molecule is Cn1nccc1CCC(N)COc1ccccc1. The average molecular weight is 245 g/mol. The molecule has 0 amide bonds. The molecule has 18 heavy (non-hydrogen) atoms. The van der Waals surface area contributed by atoms with E-state index in [1.54, 1.807) is 6.20 Å². The monoisotopic (exact) mass is 245 g/mol. The second-order valence-electron chi connectivity index (χ2n) is 4.37. The van der Waals surface area contributed by atoms with Crippen LogP contribution in [0.4, 0.5) is 0 Å². The van der Waals surface area contributed by atoms with E-state index in [1.807, 2.05) is 48.1 Å². The van der Waals surface area contributed by atoms with Gasteiger partial charge in [0.25, 0.3) is 0 Å². The van der Waals surface area contributed by atoms with E-state index in [2.05, 4.69) is 5.10 Å². The van der Waals surface area contributed by atoms with Crippen LogP contribution in [0.3, 0.4) is 0 Å². The van der Waals surface area contributed by atoms with E-state index in [4.69, 9.17) is 10.5 Å². The van der Waals surface area contributed by atoms with Crippen LogP contribution in [0.1, 0.15) is 12.1 Å². The minimum atomic E-state index is 0.0418. The second kappa shape index (κ2) is 6.21. The Morgan fingerprint density at radius 2 is 2.06 bits per heavy atom. The predicted molar refractivity (Wildman–Crippen MR) is 71.4 cm³/mol. The van der Waals surface area contributed by atoms with Gasteiger partial charge in [-0.25, -0.2) is 0 Å². The lowest BCUT2D eigenvalue weighted by molar-refractivity contribution is 0.281. The number of aromatic nitrogens is 2. The molecule has 2 N–H and O–H groups in total. The summed E-state index contributed by atoms with van der Waals surface area (Å²) in [7, 11) is 1.95. The maximum Gasteiger partial charge on any atom is 0.119 e. The van der Waals surface area contributed by atoms with Gasteiger partial charge in [0.2, 0.25) is 0 Å². The van der Waals surface area contributed by atoms with Crippen LogP contribution >= 0.6 is 0 Å². The fraction of sp³-hybridized carbons (Fsp3) is 0.357. The molecule has 1 aromatic carbocycles. The van der Waals surface area contributed by atoms with Crippen LogP contribution in [0, 0.1) is 0 Å². The van der Waals surface area contributed by atoms with Crippen molar-refractivity contribution in [2.24, 2.45) is 12.8 Å². The molecule has 0 saturated heterocycles.